The molecule has 18 heavy (non-hydrogen) atoms. The SMILES string of the molecule is Fc1cccc(COc2cc[c-]cc2F)c1.[Zn+][Br]. The quantitative estimate of drug-likeness (QED) is 0.586. The fraction of sp³-hybridized carbons (Fsp3) is 0.0769. The molecule has 0 N–H and O–H groups in total. The van der Waals surface area contributed by atoms with Crippen LogP contribution in [0.4, 0.5) is 8.78 Å². The van der Waals surface area contributed by atoms with Gasteiger partial charge in [0.1, 0.15) is 12.4 Å². The molecule has 0 heterocycles. The van der Waals surface area contributed by atoms with Crippen molar-refractivity contribution in [3.8, 4) is 5.75 Å². The summed E-state index contributed by atoms with van der Waals surface area (Å²) in [6.07, 6.45) is 0. The Labute approximate surface area is 121 Å². The zero-order chi connectivity index (χ0) is 13.4. The van der Waals surface area contributed by atoms with Gasteiger partial charge in [-0.2, -0.15) is 12.1 Å². The predicted octanol–water partition coefficient (Wildman–Crippen LogP) is 4.19. The number of halogens is 3. The molecule has 0 fully saturated rings. The number of benzene rings is 2. The molecule has 2 aromatic carbocycles. The van der Waals surface area contributed by atoms with Crippen molar-refractivity contribution in [2.75, 3.05) is 0 Å². The van der Waals surface area contributed by atoms with Crippen LogP contribution in [0.1, 0.15) is 5.56 Å². The van der Waals surface area contributed by atoms with Crippen molar-refractivity contribution in [2.45, 2.75) is 6.61 Å². The predicted molar refractivity (Wildman–Crippen MR) is 64.9 cm³/mol. The number of ether oxygens (including phenoxy) is 1. The summed E-state index contributed by atoms with van der Waals surface area (Å²) in [7, 11) is 0. The molecule has 0 aromatic heterocycles. The topological polar surface area (TPSA) is 9.23 Å². The van der Waals surface area contributed by atoms with E-state index >= 15 is 0 Å². The minimum absolute atomic E-state index is 0.138. The molecule has 0 bridgehead atoms. The first kappa shape index (κ1) is 15.3. The van der Waals surface area contributed by atoms with Crippen LogP contribution >= 0.6 is 13.6 Å². The van der Waals surface area contributed by atoms with Crippen molar-refractivity contribution >= 4 is 13.6 Å². The van der Waals surface area contributed by atoms with Crippen LogP contribution in [-0.2, 0) is 22.9 Å². The molecule has 2 aromatic rings. The molecule has 0 atom stereocenters. The Bertz CT molecular complexity index is 494. The molecule has 0 radical (unpaired) electrons. The molecule has 90 valence electrons. The van der Waals surface area contributed by atoms with E-state index in [4.69, 9.17) is 4.74 Å². The fourth-order valence-electron chi connectivity index (χ4n) is 1.30. The zero-order valence-corrected chi connectivity index (χ0v) is 14.1. The standard InChI is InChI=1S/C13H9F2O.BrH.Zn/c14-11-5-3-4-10(8-11)9-16-13-7-2-1-6-12(13)15;;/h2-8H,9H2;1H;/q-1;;+2/p-1. The van der Waals surface area contributed by atoms with Crippen LogP contribution in [0.15, 0.2) is 42.5 Å². The molecule has 5 heteroatoms. The fourth-order valence-corrected chi connectivity index (χ4v) is 1.30. The maximum atomic E-state index is 13.1. The molecule has 1 nitrogen and oxygen atoms in total. The van der Waals surface area contributed by atoms with Gasteiger partial charge in [0, 0.05) is 11.6 Å². The van der Waals surface area contributed by atoms with Crippen LogP contribution in [-0.4, -0.2) is 0 Å². The van der Waals surface area contributed by atoms with Crippen molar-refractivity contribution in [1.29, 1.82) is 0 Å². The third-order valence-corrected chi connectivity index (χ3v) is 2.06. The van der Waals surface area contributed by atoms with Gasteiger partial charge < -0.3 is 4.74 Å². The van der Waals surface area contributed by atoms with E-state index < -0.39 is 5.82 Å². The van der Waals surface area contributed by atoms with Gasteiger partial charge in [-0.3, -0.25) is 4.39 Å². The number of hydrogen-bond donors (Lipinski definition) is 0. The van der Waals surface area contributed by atoms with Gasteiger partial charge in [-0.15, -0.1) is 12.1 Å². The van der Waals surface area contributed by atoms with Gasteiger partial charge in [-0.05, 0) is 17.7 Å². The first-order valence-electron chi connectivity index (χ1n) is 5.05. The van der Waals surface area contributed by atoms with Crippen molar-refractivity contribution in [3.63, 3.8) is 0 Å². The zero-order valence-electron chi connectivity index (χ0n) is 9.50. The van der Waals surface area contributed by atoms with E-state index in [-0.39, 0.29) is 18.2 Å². The minimum atomic E-state index is -0.473. The molecule has 0 saturated heterocycles. The van der Waals surface area contributed by atoms with Crippen LogP contribution in [0.2, 0.25) is 0 Å². The second kappa shape index (κ2) is 8.33. The number of hydrogen-bond acceptors (Lipinski definition) is 1. The van der Waals surface area contributed by atoms with Gasteiger partial charge in [0.05, 0.1) is 0 Å². The summed E-state index contributed by atoms with van der Waals surface area (Å²) in [6.45, 7) is 0.138. The summed E-state index contributed by atoms with van der Waals surface area (Å²) >= 11 is 4.25. The maximum absolute atomic E-state index is 13.1. The molecule has 0 aliphatic rings. The Morgan fingerprint density at radius 3 is 2.67 bits per heavy atom. The average Bonchev–Trinajstić information content (AvgIpc) is 2.40. The van der Waals surface area contributed by atoms with Crippen LogP contribution in [0.25, 0.3) is 0 Å². The van der Waals surface area contributed by atoms with E-state index in [0.717, 1.165) is 0 Å². The molecule has 0 aliphatic carbocycles. The van der Waals surface area contributed by atoms with Gasteiger partial charge in [0.15, 0.2) is 0 Å². The molecular formula is C13H9BrF2OZn. The van der Waals surface area contributed by atoms with Gasteiger partial charge in [-0.25, -0.2) is 4.39 Å². The Kier molecular flexibility index (Phi) is 7.06. The van der Waals surface area contributed by atoms with Crippen molar-refractivity contribution in [1.82, 2.24) is 0 Å². The molecule has 0 spiro atoms. The molecule has 0 unspecified atom stereocenters. The van der Waals surface area contributed by atoms with E-state index in [1.165, 1.54) is 40.6 Å². The van der Waals surface area contributed by atoms with Crippen LogP contribution < -0.4 is 4.74 Å². The Hall–Kier alpha value is -0.797. The molecule has 0 aliphatic heterocycles. The van der Waals surface area contributed by atoms with Gasteiger partial charge in [-0.1, -0.05) is 12.1 Å². The van der Waals surface area contributed by atoms with E-state index in [1.54, 1.807) is 18.2 Å². The van der Waals surface area contributed by atoms with Crippen molar-refractivity contribution in [2.24, 2.45) is 0 Å². The average molecular weight is 365 g/mol. The monoisotopic (exact) mass is 362 g/mol. The Balaban J connectivity index is 0.000000771. The Morgan fingerprint density at radius 2 is 2.00 bits per heavy atom. The number of rotatable bonds is 3. The van der Waals surface area contributed by atoms with Gasteiger partial charge in [0.2, 0.25) is 0 Å². The summed E-state index contributed by atoms with van der Waals surface area (Å²) in [4.78, 5) is 0. The van der Waals surface area contributed by atoms with Crippen LogP contribution in [0.5, 0.6) is 5.75 Å². The molecule has 0 saturated carbocycles. The summed E-state index contributed by atoms with van der Waals surface area (Å²) in [5, 5.41) is 0. The summed E-state index contributed by atoms with van der Waals surface area (Å²) in [6, 6.07) is 12.8. The summed E-state index contributed by atoms with van der Waals surface area (Å²) < 4.78 is 31.2. The van der Waals surface area contributed by atoms with E-state index in [9.17, 15) is 8.78 Å². The van der Waals surface area contributed by atoms with Crippen molar-refractivity contribution in [3.05, 3.63) is 65.7 Å². The van der Waals surface area contributed by atoms with E-state index in [2.05, 4.69) is 19.7 Å². The second-order valence-electron chi connectivity index (χ2n) is 3.28. The van der Waals surface area contributed by atoms with Crippen molar-refractivity contribution < 1.29 is 29.9 Å². The van der Waals surface area contributed by atoms with E-state index in [1.807, 2.05) is 0 Å². The molecular weight excluding hydrogens is 355 g/mol. The van der Waals surface area contributed by atoms with Crippen LogP contribution in [0, 0.1) is 17.7 Å². The first-order valence-corrected chi connectivity index (χ1v) is 12.0. The third kappa shape index (κ3) is 4.83. The summed E-state index contributed by atoms with van der Waals surface area (Å²) in [5.41, 5.74) is 0.659. The summed E-state index contributed by atoms with van der Waals surface area (Å²) in [5.74, 6) is -0.662. The van der Waals surface area contributed by atoms with Gasteiger partial charge >= 0.3 is 30.0 Å². The first-order chi connectivity index (χ1) is 8.75. The molecule has 0 amide bonds. The third-order valence-electron chi connectivity index (χ3n) is 2.06. The molecule has 2 rings (SSSR count). The second-order valence-corrected chi connectivity index (χ2v) is 3.28. The van der Waals surface area contributed by atoms with Gasteiger partial charge in [0.25, 0.3) is 0 Å². The normalized spacial score (nSPS) is 9.39. The van der Waals surface area contributed by atoms with E-state index in [0.29, 0.717) is 5.56 Å². The van der Waals surface area contributed by atoms with Crippen LogP contribution in [0.3, 0.4) is 0 Å². The Morgan fingerprint density at radius 1 is 1.22 bits per heavy atom.